The van der Waals surface area contributed by atoms with E-state index in [2.05, 4.69) is 30.5 Å². The van der Waals surface area contributed by atoms with Gasteiger partial charge < -0.3 is 0 Å². The molecule has 0 unspecified atom stereocenters. The van der Waals surface area contributed by atoms with Crippen molar-refractivity contribution in [1.82, 2.24) is 0 Å². The Bertz CT molecular complexity index is 277. The van der Waals surface area contributed by atoms with Crippen LogP contribution in [0.5, 0.6) is 0 Å². The molecule has 0 heteroatoms. The lowest BCUT2D eigenvalue weighted by atomic mass is 10.1. The minimum Gasteiger partial charge on any atom is -0.130 e. The highest BCUT2D eigenvalue weighted by atomic mass is 14.1. The maximum Gasteiger partial charge on any atom is -0.0158 e. The molecule has 0 bridgehead atoms. The van der Waals surface area contributed by atoms with Crippen LogP contribution in [-0.2, 0) is 0 Å². The molecule has 0 aromatic carbocycles. The maximum absolute atomic E-state index is 3.14. The molecule has 0 amide bonds. The van der Waals surface area contributed by atoms with Crippen LogP contribution >= 0.6 is 0 Å². The Morgan fingerprint density at radius 3 is 2.22 bits per heavy atom. The first-order chi connectivity index (χ1) is 8.85. The van der Waals surface area contributed by atoms with Gasteiger partial charge in [0.15, 0.2) is 0 Å². The van der Waals surface area contributed by atoms with Gasteiger partial charge in [0.1, 0.15) is 0 Å². The molecule has 0 nitrogen and oxygen atoms in total. The molecule has 0 N–H and O–H groups in total. The van der Waals surface area contributed by atoms with Crippen LogP contribution in [0.25, 0.3) is 0 Å². The third-order valence-electron chi connectivity index (χ3n) is 3.13. The lowest BCUT2D eigenvalue weighted by Crippen LogP contribution is -1.82. The summed E-state index contributed by atoms with van der Waals surface area (Å²) in [7, 11) is 0. The van der Waals surface area contributed by atoms with E-state index < -0.39 is 0 Å². The van der Waals surface area contributed by atoms with Crippen molar-refractivity contribution >= 4 is 0 Å². The molecule has 0 saturated heterocycles. The van der Waals surface area contributed by atoms with Crippen LogP contribution in [0.3, 0.4) is 0 Å². The fourth-order valence-corrected chi connectivity index (χ4v) is 2.05. The van der Waals surface area contributed by atoms with E-state index in [1.54, 1.807) is 0 Å². The zero-order chi connectivity index (χ0) is 13.5. The highest BCUT2D eigenvalue weighted by Crippen LogP contribution is 2.24. The molecular weight excluding hydrogens is 216 g/mol. The highest BCUT2D eigenvalue weighted by molar-refractivity contribution is 4.90. The topological polar surface area (TPSA) is 0 Å². The molecule has 1 aliphatic rings. The summed E-state index contributed by atoms with van der Waals surface area (Å²) in [5.41, 5.74) is 6.20. The molecule has 0 aromatic heterocycles. The number of rotatable bonds is 5. The van der Waals surface area contributed by atoms with Gasteiger partial charge in [0.2, 0.25) is 0 Å². The van der Waals surface area contributed by atoms with Gasteiger partial charge in [0.25, 0.3) is 0 Å². The van der Waals surface area contributed by atoms with E-state index in [9.17, 15) is 0 Å². The predicted octanol–water partition coefficient (Wildman–Crippen LogP) is 6.21. The van der Waals surface area contributed by atoms with Crippen molar-refractivity contribution < 1.29 is 0 Å². The molecule has 0 aliphatic heterocycles. The predicted molar refractivity (Wildman–Crippen MR) is 82.8 cm³/mol. The van der Waals surface area contributed by atoms with Gasteiger partial charge in [0, 0.05) is 0 Å². The van der Waals surface area contributed by atoms with Crippen molar-refractivity contribution in [3.05, 3.63) is 35.8 Å². The summed E-state index contributed by atoms with van der Waals surface area (Å²) in [5, 5.41) is 0. The Hall–Kier alpha value is -0.960. The smallest absolute Gasteiger partial charge is 0.0158 e. The molecule has 1 saturated carbocycles. The summed E-state index contributed by atoms with van der Waals surface area (Å²) in [6.45, 7) is 6.24. The molecule has 1 rings (SSSR count). The SMILES string of the molecule is CC=C=CC1CCCC1.CC=C=CCCCCC. The Kier molecular flexibility index (Phi) is 13.4. The fourth-order valence-electron chi connectivity index (χ4n) is 2.05. The Labute approximate surface area is 114 Å². The minimum absolute atomic E-state index is 0.848. The molecule has 1 fully saturated rings. The molecule has 0 aromatic rings. The van der Waals surface area contributed by atoms with Crippen LogP contribution in [0.1, 0.15) is 72.1 Å². The third-order valence-corrected chi connectivity index (χ3v) is 3.13. The first kappa shape index (κ1) is 17.0. The van der Waals surface area contributed by atoms with Crippen molar-refractivity contribution in [2.24, 2.45) is 5.92 Å². The number of allylic oxidation sites excluding steroid dienone is 2. The van der Waals surface area contributed by atoms with Crippen molar-refractivity contribution in [3.63, 3.8) is 0 Å². The van der Waals surface area contributed by atoms with Crippen molar-refractivity contribution in [1.29, 1.82) is 0 Å². The summed E-state index contributed by atoms with van der Waals surface area (Å²) in [4.78, 5) is 0. The van der Waals surface area contributed by atoms with Gasteiger partial charge in [-0.25, -0.2) is 0 Å². The first-order valence-electron chi connectivity index (χ1n) is 7.57. The molecule has 1 aliphatic carbocycles. The number of unbranched alkanes of at least 4 members (excludes halogenated alkanes) is 3. The molecule has 0 radical (unpaired) electrons. The zero-order valence-corrected chi connectivity index (χ0v) is 12.5. The van der Waals surface area contributed by atoms with Gasteiger partial charge in [-0.05, 0) is 69.8 Å². The van der Waals surface area contributed by atoms with Crippen LogP contribution in [0, 0.1) is 5.92 Å². The summed E-state index contributed by atoms with van der Waals surface area (Å²) >= 11 is 0. The van der Waals surface area contributed by atoms with E-state index in [4.69, 9.17) is 0 Å². The van der Waals surface area contributed by atoms with E-state index in [1.807, 2.05) is 26.0 Å². The lowest BCUT2D eigenvalue weighted by molar-refractivity contribution is 0.687. The summed E-state index contributed by atoms with van der Waals surface area (Å²) in [5.74, 6) is 0.848. The zero-order valence-electron chi connectivity index (χ0n) is 12.5. The van der Waals surface area contributed by atoms with Crippen molar-refractivity contribution in [2.45, 2.75) is 72.1 Å². The lowest BCUT2D eigenvalue weighted by Gasteiger charge is -1.94. The Morgan fingerprint density at radius 2 is 1.67 bits per heavy atom. The second-order valence-corrected chi connectivity index (χ2v) is 4.82. The number of hydrogen-bond acceptors (Lipinski definition) is 0. The maximum atomic E-state index is 3.14. The average molecular weight is 246 g/mol. The van der Waals surface area contributed by atoms with E-state index in [0.29, 0.717) is 0 Å². The van der Waals surface area contributed by atoms with Gasteiger partial charge in [-0.1, -0.05) is 32.6 Å². The first-order valence-corrected chi connectivity index (χ1v) is 7.57. The molecule has 102 valence electrons. The minimum atomic E-state index is 0.848. The van der Waals surface area contributed by atoms with Gasteiger partial charge >= 0.3 is 0 Å². The van der Waals surface area contributed by atoms with Crippen molar-refractivity contribution in [3.8, 4) is 0 Å². The third kappa shape index (κ3) is 11.5. The van der Waals surface area contributed by atoms with Crippen LogP contribution in [0.15, 0.2) is 35.8 Å². The second kappa shape index (κ2) is 14.1. The van der Waals surface area contributed by atoms with Crippen LogP contribution < -0.4 is 0 Å². The summed E-state index contributed by atoms with van der Waals surface area (Å²) in [6, 6.07) is 0. The quantitative estimate of drug-likeness (QED) is 0.400. The van der Waals surface area contributed by atoms with Gasteiger partial charge in [0.05, 0.1) is 0 Å². The van der Waals surface area contributed by atoms with E-state index in [-0.39, 0.29) is 0 Å². The van der Waals surface area contributed by atoms with E-state index in [0.717, 1.165) is 5.92 Å². The monoisotopic (exact) mass is 246 g/mol. The van der Waals surface area contributed by atoms with Crippen LogP contribution in [0.4, 0.5) is 0 Å². The normalized spacial score (nSPS) is 13.7. The largest absolute Gasteiger partial charge is 0.130 e. The van der Waals surface area contributed by atoms with E-state index in [1.165, 1.54) is 51.4 Å². The van der Waals surface area contributed by atoms with Crippen molar-refractivity contribution in [2.75, 3.05) is 0 Å². The molecule has 18 heavy (non-hydrogen) atoms. The molecule has 0 heterocycles. The van der Waals surface area contributed by atoms with Gasteiger partial charge in [-0.3, -0.25) is 0 Å². The molecule has 0 atom stereocenters. The van der Waals surface area contributed by atoms with Crippen LogP contribution in [0.2, 0.25) is 0 Å². The number of hydrogen-bond donors (Lipinski definition) is 0. The second-order valence-electron chi connectivity index (χ2n) is 4.82. The van der Waals surface area contributed by atoms with Gasteiger partial charge in [-0.15, -0.1) is 11.5 Å². The Morgan fingerprint density at radius 1 is 1.00 bits per heavy atom. The molecule has 0 spiro atoms. The summed E-state index contributed by atoms with van der Waals surface area (Å²) < 4.78 is 0. The Balaban J connectivity index is 0.000000321. The standard InChI is InChI=1S/C9H14.C9H16/c1-2-3-6-9-7-4-5-8-9;1-3-5-7-9-8-6-4-2/h2,6,9H,4-5,7-8H2,1H3;3,7H,4,6,8-9H2,1-2H3. The average Bonchev–Trinajstić information content (AvgIpc) is 2.90. The molecular formula is C18H30. The fraction of sp³-hybridized carbons (Fsp3) is 0.667. The van der Waals surface area contributed by atoms with E-state index >= 15 is 0 Å². The highest BCUT2D eigenvalue weighted by Gasteiger charge is 2.10. The van der Waals surface area contributed by atoms with Crippen LogP contribution in [-0.4, -0.2) is 0 Å². The van der Waals surface area contributed by atoms with Gasteiger partial charge in [-0.2, -0.15) is 0 Å². The summed E-state index contributed by atoms with van der Waals surface area (Å²) in [6.07, 6.45) is 19.1.